The first-order valence-corrected chi connectivity index (χ1v) is 8.40. The third-order valence-electron chi connectivity index (χ3n) is 4.29. The predicted molar refractivity (Wildman–Crippen MR) is 94.9 cm³/mol. The van der Waals surface area contributed by atoms with E-state index in [1.54, 1.807) is 12.3 Å². The van der Waals surface area contributed by atoms with E-state index >= 15 is 0 Å². The van der Waals surface area contributed by atoms with Crippen LogP contribution in [0, 0.1) is 16.7 Å². The first kappa shape index (κ1) is 17.0. The Hall–Kier alpha value is -2.81. The summed E-state index contributed by atoms with van der Waals surface area (Å²) in [5, 5.41) is 9.22. The van der Waals surface area contributed by atoms with Crippen molar-refractivity contribution in [3.05, 3.63) is 36.0 Å². The smallest absolute Gasteiger partial charge is 0.297 e. The lowest BCUT2D eigenvalue weighted by Gasteiger charge is -2.37. The van der Waals surface area contributed by atoms with Crippen LogP contribution in [0.15, 0.2) is 34.9 Å². The van der Waals surface area contributed by atoms with E-state index in [1.807, 2.05) is 48.8 Å². The van der Waals surface area contributed by atoms with Gasteiger partial charge in [0.05, 0.1) is 17.8 Å². The lowest BCUT2D eigenvalue weighted by Crippen LogP contribution is -2.51. The highest BCUT2D eigenvalue weighted by atomic mass is 16.4. The number of nitriles is 1. The van der Waals surface area contributed by atoms with Crippen molar-refractivity contribution in [2.75, 3.05) is 31.1 Å². The Balaban J connectivity index is 1.71. The number of benzene rings is 1. The summed E-state index contributed by atoms with van der Waals surface area (Å²) >= 11 is 0. The second-order valence-corrected chi connectivity index (χ2v) is 7.19. The Morgan fingerprint density at radius 3 is 2.52 bits per heavy atom. The lowest BCUT2D eigenvalue weighted by atomic mass is 9.94. The molecule has 1 aliphatic heterocycles. The van der Waals surface area contributed by atoms with Crippen LogP contribution < -0.4 is 4.90 Å². The van der Waals surface area contributed by atoms with Crippen molar-refractivity contribution in [3.8, 4) is 17.4 Å². The molecule has 2 aromatic rings. The molecule has 0 N–H and O–H groups in total. The van der Waals surface area contributed by atoms with Gasteiger partial charge in [-0.1, -0.05) is 32.9 Å². The molecule has 0 aliphatic carbocycles. The standard InChI is InChI=1S/C19H22N4O2/c1-19(2,3)17(24)22-8-10-23(11-9-22)18-21-13-16(25-18)15-7-5-4-6-14(15)12-20/h4-7,13H,8-11H2,1-3H3. The maximum Gasteiger partial charge on any atom is 0.297 e. The van der Waals surface area contributed by atoms with Crippen LogP contribution >= 0.6 is 0 Å². The Labute approximate surface area is 147 Å². The van der Waals surface area contributed by atoms with Gasteiger partial charge in [0, 0.05) is 37.2 Å². The minimum atomic E-state index is -0.362. The minimum absolute atomic E-state index is 0.170. The molecule has 2 heterocycles. The van der Waals surface area contributed by atoms with Gasteiger partial charge in [0.2, 0.25) is 5.91 Å². The van der Waals surface area contributed by atoms with E-state index in [4.69, 9.17) is 4.42 Å². The van der Waals surface area contributed by atoms with Crippen molar-refractivity contribution < 1.29 is 9.21 Å². The van der Waals surface area contributed by atoms with Crippen LogP contribution in [-0.2, 0) is 4.79 Å². The van der Waals surface area contributed by atoms with Gasteiger partial charge in [-0.15, -0.1) is 0 Å². The fourth-order valence-corrected chi connectivity index (χ4v) is 2.91. The van der Waals surface area contributed by atoms with Gasteiger partial charge in [-0.25, -0.2) is 4.98 Å². The minimum Gasteiger partial charge on any atom is -0.423 e. The molecule has 1 aliphatic rings. The molecule has 1 amide bonds. The number of nitrogens with zero attached hydrogens (tertiary/aromatic N) is 4. The first-order valence-electron chi connectivity index (χ1n) is 8.40. The van der Waals surface area contributed by atoms with Crippen molar-refractivity contribution in [3.63, 3.8) is 0 Å². The SMILES string of the molecule is CC(C)(C)C(=O)N1CCN(c2ncc(-c3ccccc3C#N)o2)CC1. The second-order valence-electron chi connectivity index (χ2n) is 7.19. The summed E-state index contributed by atoms with van der Waals surface area (Å²) in [6.07, 6.45) is 1.65. The topological polar surface area (TPSA) is 73.4 Å². The third-order valence-corrected chi connectivity index (χ3v) is 4.29. The average Bonchev–Trinajstić information content (AvgIpc) is 3.10. The van der Waals surface area contributed by atoms with E-state index in [2.05, 4.69) is 11.1 Å². The van der Waals surface area contributed by atoms with E-state index in [1.165, 1.54) is 0 Å². The molecule has 0 atom stereocenters. The molecule has 6 nitrogen and oxygen atoms in total. The maximum atomic E-state index is 12.4. The summed E-state index contributed by atoms with van der Waals surface area (Å²) in [5.74, 6) is 0.753. The Bertz CT molecular complexity index is 805. The van der Waals surface area contributed by atoms with Crippen LogP contribution in [-0.4, -0.2) is 42.0 Å². The molecule has 0 spiro atoms. The fraction of sp³-hybridized carbons (Fsp3) is 0.421. The highest BCUT2D eigenvalue weighted by Gasteiger charge is 2.30. The van der Waals surface area contributed by atoms with Gasteiger partial charge in [-0.05, 0) is 12.1 Å². The molecule has 0 saturated carbocycles. The zero-order chi connectivity index (χ0) is 18.0. The van der Waals surface area contributed by atoms with E-state index in [9.17, 15) is 10.1 Å². The van der Waals surface area contributed by atoms with Crippen molar-refractivity contribution in [2.45, 2.75) is 20.8 Å². The second kappa shape index (κ2) is 6.60. The molecule has 1 aromatic heterocycles. The fourth-order valence-electron chi connectivity index (χ4n) is 2.91. The van der Waals surface area contributed by atoms with Crippen LogP contribution in [0.1, 0.15) is 26.3 Å². The normalized spacial score (nSPS) is 15.1. The van der Waals surface area contributed by atoms with E-state index in [-0.39, 0.29) is 11.3 Å². The number of piperazine rings is 1. The van der Waals surface area contributed by atoms with Crippen LogP contribution in [0.5, 0.6) is 0 Å². The Kier molecular flexibility index (Phi) is 4.49. The molecule has 1 aromatic carbocycles. The number of carbonyl (C=O) groups is 1. The van der Waals surface area contributed by atoms with Crippen LogP contribution in [0.3, 0.4) is 0 Å². The molecule has 1 saturated heterocycles. The van der Waals surface area contributed by atoms with Gasteiger partial charge in [0.15, 0.2) is 5.76 Å². The van der Waals surface area contributed by atoms with E-state index in [0.717, 1.165) is 5.56 Å². The number of anilines is 1. The number of hydrogen-bond acceptors (Lipinski definition) is 5. The van der Waals surface area contributed by atoms with Crippen molar-refractivity contribution in [1.29, 1.82) is 5.26 Å². The molecule has 25 heavy (non-hydrogen) atoms. The zero-order valence-corrected chi connectivity index (χ0v) is 14.8. The van der Waals surface area contributed by atoms with Crippen LogP contribution in [0.25, 0.3) is 11.3 Å². The summed E-state index contributed by atoms with van der Waals surface area (Å²) < 4.78 is 5.87. The zero-order valence-electron chi connectivity index (χ0n) is 14.8. The molecular formula is C19H22N4O2. The number of carbonyl (C=O) groups excluding carboxylic acids is 1. The summed E-state index contributed by atoms with van der Waals surface area (Å²) in [6.45, 7) is 8.49. The average molecular weight is 338 g/mol. The third kappa shape index (κ3) is 3.50. The van der Waals surface area contributed by atoms with Crippen LogP contribution in [0.4, 0.5) is 6.01 Å². The lowest BCUT2D eigenvalue weighted by molar-refractivity contribution is -0.139. The number of aromatic nitrogens is 1. The first-order chi connectivity index (χ1) is 11.9. The maximum absolute atomic E-state index is 12.4. The molecule has 3 rings (SSSR count). The molecular weight excluding hydrogens is 316 g/mol. The molecule has 0 radical (unpaired) electrons. The summed E-state index contributed by atoms with van der Waals surface area (Å²) in [4.78, 5) is 20.6. The Morgan fingerprint density at radius 1 is 1.20 bits per heavy atom. The largest absolute Gasteiger partial charge is 0.423 e. The van der Waals surface area contributed by atoms with Gasteiger partial charge in [0.1, 0.15) is 0 Å². The number of amides is 1. The molecule has 1 fully saturated rings. The quantitative estimate of drug-likeness (QED) is 0.842. The molecule has 6 heteroatoms. The van der Waals surface area contributed by atoms with E-state index in [0.29, 0.717) is 43.5 Å². The summed E-state index contributed by atoms with van der Waals surface area (Å²) in [7, 11) is 0. The monoisotopic (exact) mass is 338 g/mol. The molecule has 0 unspecified atom stereocenters. The van der Waals surface area contributed by atoms with Crippen molar-refractivity contribution >= 4 is 11.9 Å². The van der Waals surface area contributed by atoms with Gasteiger partial charge < -0.3 is 14.2 Å². The van der Waals surface area contributed by atoms with Crippen molar-refractivity contribution in [2.24, 2.45) is 5.41 Å². The highest BCUT2D eigenvalue weighted by Crippen LogP contribution is 2.28. The van der Waals surface area contributed by atoms with Gasteiger partial charge in [-0.3, -0.25) is 4.79 Å². The van der Waals surface area contributed by atoms with Crippen LogP contribution in [0.2, 0.25) is 0 Å². The van der Waals surface area contributed by atoms with Gasteiger partial charge >= 0.3 is 0 Å². The highest BCUT2D eigenvalue weighted by molar-refractivity contribution is 5.81. The summed E-state index contributed by atoms with van der Waals surface area (Å²) in [5.41, 5.74) is 0.940. The number of oxazole rings is 1. The van der Waals surface area contributed by atoms with E-state index < -0.39 is 0 Å². The molecule has 130 valence electrons. The molecule has 0 bridgehead atoms. The summed E-state index contributed by atoms with van der Waals surface area (Å²) in [6, 6.07) is 10.0. The van der Waals surface area contributed by atoms with Gasteiger partial charge in [0.25, 0.3) is 6.01 Å². The predicted octanol–water partition coefficient (Wildman–Crippen LogP) is 2.91. The number of hydrogen-bond donors (Lipinski definition) is 0. The van der Waals surface area contributed by atoms with Crippen molar-refractivity contribution in [1.82, 2.24) is 9.88 Å². The Morgan fingerprint density at radius 2 is 1.88 bits per heavy atom. The van der Waals surface area contributed by atoms with Gasteiger partial charge in [-0.2, -0.15) is 5.26 Å². The number of rotatable bonds is 2.